The van der Waals surface area contributed by atoms with Crippen LogP contribution in [0.4, 0.5) is 0 Å². The van der Waals surface area contributed by atoms with Gasteiger partial charge in [-0.25, -0.2) is 0 Å². The molecule has 1 heterocycles. The standard InChI is InChI=1S/C12H16N2/c1-13-8-9-14(2)12(10-13)11-6-4-3-5-7-11/h3-7,10H,8-9H2,1-2H3. The van der Waals surface area contributed by atoms with Crippen LogP contribution in [0.25, 0.3) is 5.70 Å². The van der Waals surface area contributed by atoms with Crippen LogP contribution in [0.15, 0.2) is 36.5 Å². The van der Waals surface area contributed by atoms with E-state index in [4.69, 9.17) is 0 Å². The third-order valence-corrected chi connectivity index (χ3v) is 2.61. The van der Waals surface area contributed by atoms with E-state index in [-0.39, 0.29) is 0 Å². The summed E-state index contributed by atoms with van der Waals surface area (Å²) in [5, 5.41) is 0. The minimum Gasteiger partial charge on any atom is -0.377 e. The summed E-state index contributed by atoms with van der Waals surface area (Å²) in [4.78, 5) is 4.54. The van der Waals surface area contributed by atoms with Crippen molar-refractivity contribution in [3.63, 3.8) is 0 Å². The Morgan fingerprint density at radius 2 is 1.71 bits per heavy atom. The van der Waals surface area contributed by atoms with Crippen LogP contribution in [-0.4, -0.2) is 37.0 Å². The highest BCUT2D eigenvalue weighted by molar-refractivity contribution is 5.64. The summed E-state index contributed by atoms with van der Waals surface area (Å²) in [5.74, 6) is 0. The molecule has 0 aromatic heterocycles. The first-order valence-electron chi connectivity index (χ1n) is 4.96. The first kappa shape index (κ1) is 9.13. The van der Waals surface area contributed by atoms with E-state index in [1.807, 2.05) is 0 Å². The molecule has 0 radical (unpaired) electrons. The fourth-order valence-electron chi connectivity index (χ4n) is 1.70. The summed E-state index contributed by atoms with van der Waals surface area (Å²) in [6, 6.07) is 10.5. The molecule has 0 atom stereocenters. The number of hydrogen-bond donors (Lipinski definition) is 0. The minimum absolute atomic E-state index is 1.09. The van der Waals surface area contributed by atoms with Gasteiger partial charge in [0, 0.05) is 33.4 Å². The van der Waals surface area contributed by atoms with Crippen molar-refractivity contribution in [3.8, 4) is 0 Å². The molecule has 1 aromatic rings. The Bertz CT molecular complexity index is 329. The van der Waals surface area contributed by atoms with E-state index in [0.29, 0.717) is 0 Å². The smallest absolute Gasteiger partial charge is 0.0599 e. The van der Waals surface area contributed by atoms with E-state index in [0.717, 1.165) is 13.1 Å². The average Bonchev–Trinajstić information content (AvgIpc) is 2.23. The van der Waals surface area contributed by atoms with Gasteiger partial charge in [0.2, 0.25) is 0 Å². The molecule has 1 aromatic carbocycles. The maximum absolute atomic E-state index is 2.30. The molecule has 0 saturated carbocycles. The molecule has 0 saturated heterocycles. The topological polar surface area (TPSA) is 6.48 Å². The van der Waals surface area contributed by atoms with Crippen LogP contribution in [0.1, 0.15) is 5.56 Å². The molecule has 74 valence electrons. The van der Waals surface area contributed by atoms with Crippen LogP contribution in [0.5, 0.6) is 0 Å². The van der Waals surface area contributed by atoms with Crippen molar-refractivity contribution in [2.45, 2.75) is 0 Å². The van der Waals surface area contributed by atoms with Gasteiger partial charge in [0.05, 0.1) is 5.70 Å². The van der Waals surface area contributed by atoms with Crippen LogP contribution in [0.2, 0.25) is 0 Å². The normalized spacial score (nSPS) is 16.9. The van der Waals surface area contributed by atoms with E-state index in [1.165, 1.54) is 11.3 Å². The molecule has 0 N–H and O–H groups in total. The molecule has 1 aliphatic heterocycles. The Hall–Kier alpha value is -1.44. The summed E-state index contributed by atoms with van der Waals surface area (Å²) >= 11 is 0. The Morgan fingerprint density at radius 3 is 2.43 bits per heavy atom. The van der Waals surface area contributed by atoms with Crippen molar-refractivity contribution in [3.05, 3.63) is 42.1 Å². The molecule has 2 nitrogen and oxygen atoms in total. The van der Waals surface area contributed by atoms with Crippen molar-refractivity contribution in [1.29, 1.82) is 0 Å². The molecule has 0 unspecified atom stereocenters. The highest BCUT2D eigenvalue weighted by Gasteiger charge is 2.12. The third kappa shape index (κ3) is 1.74. The summed E-state index contributed by atoms with van der Waals surface area (Å²) < 4.78 is 0. The van der Waals surface area contributed by atoms with E-state index in [1.54, 1.807) is 0 Å². The quantitative estimate of drug-likeness (QED) is 0.663. The molecular formula is C12H16N2. The van der Waals surface area contributed by atoms with Crippen LogP contribution in [0.3, 0.4) is 0 Å². The Balaban J connectivity index is 2.33. The van der Waals surface area contributed by atoms with Crippen LogP contribution in [0, 0.1) is 0 Å². The second kappa shape index (κ2) is 3.74. The summed E-state index contributed by atoms with van der Waals surface area (Å²) in [6.07, 6.45) is 2.21. The summed E-state index contributed by atoms with van der Waals surface area (Å²) in [6.45, 7) is 2.20. The van der Waals surface area contributed by atoms with Crippen LogP contribution in [-0.2, 0) is 0 Å². The average molecular weight is 188 g/mol. The van der Waals surface area contributed by atoms with Crippen molar-refractivity contribution in [1.82, 2.24) is 9.80 Å². The monoisotopic (exact) mass is 188 g/mol. The van der Waals surface area contributed by atoms with Gasteiger partial charge in [-0.2, -0.15) is 0 Å². The van der Waals surface area contributed by atoms with Gasteiger partial charge in [-0.15, -0.1) is 0 Å². The zero-order valence-corrected chi connectivity index (χ0v) is 8.77. The predicted molar refractivity (Wildman–Crippen MR) is 59.7 cm³/mol. The minimum atomic E-state index is 1.09. The fourth-order valence-corrected chi connectivity index (χ4v) is 1.70. The molecule has 14 heavy (non-hydrogen) atoms. The molecule has 0 fully saturated rings. The first-order valence-corrected chi connectivity index (χ1v) is 4.96. The van der Waals surface area contributed by atoms with Crippen molar-refractivity contribution >= 4 is 5.70 Å². The van der Waals surface area contributed by atoms with Gasteiger partial charge in [0.15, 0.2) is 0 Å². The molecular weight excluding hydrogens is 172 g/mol. The zero-order valence-electron chi connectivity index (χ0n) is 8.77. The molecule has 0 bridgehead atoms. The van der Waals surface area contributed by atoms with Crippen LogP contribution < -0.4 is 0 Å². The zero-order chi connectivity index (χ0) is 9.97. The maximum Gasteiger partial charge on any atom is 0.0599 e. The first-order chi connectivity index (χ1) is 6.77. The second-order valence-corrected chi connectivity index (χ2v) is 3.78. The molecule has 2 heteroatoms. The summed E-state index contributed by atoms with van der Waals surface area (Å²) in [5.41, 5.74) is 2.60. The highest BCUT2D eigenvalue weighted by atomic mass is 15.2. The lowest BCUT2D eigenvalue weighted by molar-refractivity contribution is 0.342. The van der Waals surface area contributed by atoms with Crippen molar-refractivity contribution < 1.29 is 0 Å². The van der Waals surface area contributed by atoms with Crippen molar-refractivity contribution in [2.24, 2.45) is 0 Å². The van der Waals surface area contributed by atoms with Gasteiger partial charge in [-0.05, 0) is 5.56 Å². The van der Waals surface area contributed by atoms with E-state index in [9.17, 15) is 0 Å². The molecule has 1 aliphatic rings. The van der Waals surface area contributed by atoms with E-state index >= 15 is 0 Å². The fraction of sp³-hybridized carbons (Fsp3) is 0.333. The third-order valence-electron chi connectivity index (χ3n) is 2.61. The highest BCUT2D eigenvalue weighted by Crippen LogP contribution is 2.20. The van der Waals surface area contributed by atoms with Gasteiger partial charge in [0.1, 0.15) is 0 Å². The number of benzene rings is 1. The SMILES string of the molecule is CN1C=C(c2ccccc2)N(C)CC1. The number of rotatable bonds is 1. The van der Waals surface area contributed by atoms with Crippen molar-refractivity contribution in [2.75, 3.05) is 27.2 Å². The molecule has 2 rings (SSSR count). The maximum atomic E-state index is 2.30. The lowest BCUT2D eigenvalue weighted by Gasteiger charge is -2.32. The number of hydrogen-bond acceptors (Lipinski definition) is 2. The van der Waals surface area contributed by atoms with Gasteiger partial charge >= 0.3 is 0 Å². The number of nitrogens with zero attached hydrogens (tertiary/aromatic N) is 2. The second-order valence-electron chi connectivity index (χ2n) is 3.78. The lowest BCUT2D eigenvalue weighted by atomic mass is 10.1. The Kier molecular flexibility index (Phi) is 2.44. The van der Waals surface area contributed by atoms with Crippen LogP contribution >= 0.6 is 0 Å². The number of likely N-dealkylation sites (N-methyl/N-ethyl adjacent to an activating group) is 2. The van der Waals surface area contributed by atoms with E-state index < -0.39 is 0 Å². The van der Waals surface area contributed by atoms with Gasteiger partial charge in [-0.3, -0.25) is 0 Å². The Labute approximate surface area is 85.4 Å². The largest absolute Gasteiger partial charge is 0.377 e. The van der Waals surface area contributed by atoms with Gasteiger partial charge < -0.3 is 9.80 Å². The molecule has 0 spiro atoms. The molecule has 0 aliphatic carbocycles. The van der Waals surface area contributed by atoms with Gasteiger partial charge in [-0.1, -0.05) is 30.3 Å². The lowest BCUT2D eigenvalue weighted by Crippen LogP contribution is -2.33. The molecule has 0 amide bonds. The van der Waals surface area contributed by atoms with E-state index in [2.05, 4.69) is 60.4 Å². The predicted octanol–water partition coefficient (Wildman–Crippen LogP) is 1.86. The Morgan fingerprint density at radius 1 is 1.00 bits per heavy atom. The van der Waals surface area contributed by atoms with Gasteiger partial charge in [0.25, 0.3) is 0 Å². The summed E-state index contributed by atoms with van der Waals surface area (Å²) in [7, 11) is 4.27.